The summed E-state index contributed by atoms with van der Waals surface area (Å²) >= 11 is 0. The molecule has 20 heavy (non-hydrogen) atoms. The van der Waals surface area contributed by atoms with Crippen LogP contribution >= 0.6 is 0 Å². The van der Waals surface area contributed by atoms with E-state index in [1.54, 1.807) is 31.2 Å². The van der Waals surface area contributed by atoms with Gasteiger partial charge < -0.3 is 9.73 Å². The van der Waals surface area contributed by atoms with Crippen LogP contribution in [0.2, 0.25) is 0 Å². The highest BCUT2D eigenvalue weighted by Crippen LogP contribution is 2.17. The number of nitro benzene ring substituents is 1. The number of nitrogens with one attached hydrogen (secondary N) is 1. The van der Waals surface area contributed by atoms with Gasteiger partial charge >= 0.3 is 0 Å². The number of allylic oxidation sites excluding steroid dienone is 1. The standard InChI is InChI=1S/C14H12N2O4/c1-10-5-6-14(20-10)13(17)7-8-15-11-3-2-4-12(9-11)16(18)19/h2-9,15H,1H3/b8-7+. The number of nitrogens with zero attached hydrogens (tertiary/aromatic N) is 1. The fourth-order valence-electron chi connectivity index (χ4n) is 1.57. The maximum Gasteiger partial charge on any atom is 0.271 e. The van der Waals surface area contributed by atoms with Crippen LogP contribution in [0.25, 0.3) is 0 Å². The number of benzene rings is 1. The van der Waals surface area contributed by atoms with Crippen molar-refractivity contribution in [1.82, 2.24) is 0 Å². The maximum absolute atomic E-state index is 11.7. The molecule has 0 aliphatic carbocycles. The Morgan fingerprint density at radius 3 is 2.80 bits per heavy atom. The molecule has 6 nitrogen and oxygen atoms in total. The van der Waals surface area contributed by atoms with Crippen molar-refractivity contribution in [3.63, 3.8) is 0 Å². The highest BCUT2D eigenvalue weighted by molar-refractivity contribution is 6.02. The summed E-state index contributed by atoms with van der Waals surface area (Å²) in [5.74, 6) is 0.629. The fraction of sp³-hybridized carbons (Fsp3) is 0.0714. The highest BCUT2D eigenvalue weighted by atomic mass is 16.6. The average molecular weight is 272 g/mol. The summed E-state index contributed by atoms with van der Waals surface area (Å²) in [5, 5.41) is 13.4. The highest BCUT2D eigenvalue weighted by Gasteiger charge is 2.06. The number of non-ortho nitro benzene ring substituents is 1. The molecule has 0 fully saturated rings. The zero-order chi connectivity index (χ0) is 14.5. The van der Waals surface area contributed by atoms with Crippen molar-refractivity contribution in [2.24, 2.45) is 0 Å². The van der Waals surface area contributed by atoms with Crippen LogP contribution in [-0.4, -0.2) is 10.7 Å². The lowest BCUT2D eigenvalue weighted by atomic mass is 10.2. The molecule has 0 bridgehead atoms. The molecule has 0 atom stereocenters. The molecule has 2 aromatic rings. The Morgan fingerprint density at radius 1 is 1.35 bits per heavy atom. The molecule has 0 amide bonds. The van der Waals surface area contributed by atoms with Gasteiger partial charge in [0.15, 0.2) is 5.76 Å². The summed E-state index contributed by atoms with van der Waals surface area (Å²) in [7, 11) is 0. The average Bonchev–Trinajstić information content (AvgIpc) is 2.86. The summed E-state index contributed by atoms with van der Waals surface area (Å²) in [4.78, 5) is 21.8. The monoisotopic (exact) mass is 272 g/mol. The third kappa shape index (κ3) is 3.32. The van der Waals surface area contributed by atoms with Crippen molar-refractivity contribution >= 4 is 17.2 Å². The molecule has 0 aliphatic heterocycles. The number of aryl methyl sites for hydroxylation is 1. The topological polar surface area (TPSA) is 85.4 Å². The number of carbonyl (C=O) groups excluding carboxylic acids is 1. The van der Waals surface area contributed by atoms with Gasteiger partial charge in [0.1, 0.15) is 5.76 Å². The quantitative estimate of drug-likeness (QED) is 0.390. The van der Waals surface area contributed by atoms with E-state index in [2.05, 4.69) is 5.32 Å². The molecule has 0 aliphatic rings. The van der Waals surface area contributed by atoms with E-state index in [1.165, 1.54) is 24.4 Å². The van der Waals surface area contributed by atoms with Crippen LogP contribution in [0.1, 0.15) is 16.3 Å². The molecular weight excluding hydrogens is 260 g/mol. The second-order valence-electron chi connectivity index (χ2n) is 4.06. The molecule has 0 saturated carbocycles. The number of carbonyl (C=O) groups is 1. The summed E-state index contributed by atoms with van der Waals surface area (Å²) < 4.78 is 5.18. The van der Waals surface area contributed by atoms with E-state index in [0.29, 0.717) is 11.4 Å². The molecule has 102 valence electrons. The van der Waals surface area contributed by atoms with Gasteiger partial charge in [-0.3, -0.25) is 14.9 Å². The van der Waals surface area contributed by atoms with Gasteiger partial charge in [-0.2, -0.15) is 0 Å². The Morgan fingerprint density at radius 2 is 2.15 bits per heavy atom. The second-order valence-corrected chi connectivity index (χ2v) is 4.06. The van der Waals surface area contributed by atoms with Crippen LogP contribution < -0.4 is 5.32 Å². The van der Waals surface area contributed by atoms with Crippen molar-refractivity contribution in [3.05, 3.63) is 70.3 Å². The third-order valence-corrected chi connectivity index (χ3v) is 2.52. The lowest BCUT2D eigenvalue weighted by Crippen LogP contribution is -1.95. The molecular formula is C14H12N2O4. The van der Waals surface area contributed by atoms with Crippen LogP contribution in [0.5, 0.6) is 0 Å². The fourth-order valence-corrected chi connectivity index (χ4v) is 1.57. The van der Waals surface area contributed by atoms with Crippen LogP contribution in [-0.2, 0) is 0 Å². The molecule has 0 radical (unpaired) electrons. The minimum absolute atomic E-state index is 0.0172. The number of ketones is 1. The summed E-state index contributed by atoms with van der Waals surface area (Å²) in [5.41, 5.74) is 0.510. The first-order valence-corrected chi connectivity index (χ1v) is 5.84. The zero-order valence-electron chi connectivity index (χ0n) is 10.7. The minimum Gasteiger partial charge on any atom is -0.458 e. The Hall–Kier alpha value is -2.89. The number of furan rings is 1. The number of hydrogen-bond donors (Lipinski definition) is 1. The summed E-state index contributed by atoms with van der Waals surface area (Å²) in [6.07, 6.45) is 2.72. The van der Waals surface area contributed by atoms with Gasteiger partial charge in [0.05, 0.1) is 4.92 Å². The SMILES string of the molecule is Cc1ccc(C(=O)/C=C/Nc2cccc([N+](=O)[O-])c2)o1. The Balaban J connectivity index is 2.01. The molecule has 1 aromatic heterocycles. The number of nitro groups is 1. The van der Waals surface area contributed by atoms with Crippen LogP contribution in [0, 0.1) is 17.0 Å². The molecule has 1 N–H and O–H groups in total. The molecule has 1 aromatic carbocycles. The van der Waals surface area contributed by atoms with Gasteiger partial charge in [0.25, 0.3) is 5.69 Å². The zero-order valence-corrected chi connectivity index (χ0v) is 10.7. The number of hydrogen-bond acceptors (Lipinski definition) is 5. The molecule has 0 spiro atoms. The van der Waals surface area contributed by atoms with E-state index in [9.17, 15) is 14.9 Å². The van der Waals surface area contributed by atoms with E-state index < -0.39 is 4.92 Å². The first-order chi connectivity index (χ1) is 9.56. The van der Waals surface area contributed by atoms with E-state index in [1.807, 2.05) is 0 Å². The minimum atomic E-state index is -0.480. The molecule has 0 saturated heterocycles. The van der Waals surface area contributed by atoms with E-state index in [4.69, 9.17) is 4.42 Å². The summed E-state index contributed by atoms with van der Waals surface area (Å²) in [6.45, 7) is 1.75. The van der Waals surface area contributed by atoms with Gasteiger partial charge in [-0.15, -0.1) is 0 Å². The normalized spacial score (nSPS) is 10.7. The predicted molar refractivity (Wildman–Crippen MR) is 73.6 cm³/mol. The van der Waals surface area contributed by atoms with Gasteiger partial charge in [-0.05, 0) is 25.1 Å². The predicted octanol–water partition coefficient (Wildman–Crippen LogP) is 3.30. The molecule has 6 heteroatoms. The lowest BCUT2D eigenvalue weighted by Gasteiger charge is -1.99. The van der Waals surface area contributed by atoms with Gasteiger partial charge in [0.2, 0.25) is 5.78 Å². The molecule has 1 heterocycles. The number of anilines is 1. The van der Waals surface area contributed by atoms with Crippen molar-refractivity contribution in [1.29, 1.82) is 0 Å². The van der Waals surface area contributed by atoms with E-state index in [0.717, 1.165) is 0 Å². The molecule has 0 unspecified atom stereocenters. The van der Waals surface area contributed by atoms with Crippen molar-refractivity contribution in [3.8, 4) is 0 Å². The van der Waals surface area contributed by atoms with Gasteiger partial charge in [0, 0.05) is 30.1 Å². The van der Waals surface area contributed by atoms with Crippen LogP contribution in [0.3, 0.4) is 0 Å². The first-order valence-electron chi connectivity index (χ1n) is 5.84. The van der Waals surface area contributed by atoms with Gasteiger partial charge in [-0.25, -0.2) is 0 Å². The van der Waals surface area contributed by atoms with Crippen molar-refractivity contribution < 1.29 is 14.1 Å². The van der Waals surface area contributed by atoms with Crippen LogP contribution in [0.4, 0.5) is 11.4 Å². The lowest BCUT2D eigenvalue weighted by molar-refractivity contribution is -0.384. The maximum atomic E-state index is 11.7. The van der Waals surface area contributed by atoms with Crippen molar-refractivity contribution in [2.45, 2.75) is 6.92 Å². The second kappa shape index (κ2) is 5.83. The smallest absolute Gasteiger partial charge is 0.271 e. The van der Waals surface area contributed by atoms with Crippen molar-refractivity contribution in [2.75, 3.05) is 5.32 Å². The van der Waals surface area contributed by atoms with Crippen LogP contribution in [0.15, 0.2) is 53.1 Å². The number of rotatable bonds is 5. The van der Waals surface area contributed by atoms with Gasteiger partial charge in [-0.1, -0.05) is 6.07 Å². The largest absolute Gasteiger partial charge is 0.458 e. The Kier molecular flexibility index (Phi) is 3.95. The molecule has 2 rings (SSSR count). The first kappa shape index (κ1) is 13.5. The van der Waals surface area contributed by atoms with E-state index >= 15 is 0 Å². The summed E-state index contributed by atoms with van der Waals surface area (Å²) in [6, 6.07) is 9.30. The third-order valence-electron chi connectivity index (χ3n) is 2.52. The Labute approximate surface area is 114 Å². The van der Waals surface area contributed by atoms with E-state index in [-0.39, 0.29) is 17.2 Å². The Bertz CT molecular complexity index is 673.